The van der Waals surface area contributed by atoms with Crippen molar-refractivity contribution in [2.45, 2.75) is 23.4 Å². The van der Waals surface area contributed by atoms with Gasteiger partial charge in [0.25, 0.3) is 0 Å². The molecule has 0 aliphatic carbocycles. The summed E-state index contributed by atoms with van der Waals surface area (Å²) in [5.41, 5.74) is 2.25. The predicted octanol–water partition coefficient (Wildman–Crippen LogP) is 4.94. The van der Waals surface area contributed by atoms with Gasteiger partial charge in [-0.05, 0) is 24.1 Å². The van der Waals surface area contributed by atoms with Crippen LogP contribution in [0.15, 0.2) is 85.3 Å². The first-order chi connectivity index (χ1) is 12.3. The van der Waals surface area contributed by atoms with Gasteiger partial charge in [-0.3, -0.25) is 9.55 Å². The molecule has 0 saturated heterocycles. The second kappa shape index (κ2) is 8.44. The highest BCUT2D eigenvalue weighted by Crippen LogP contribution is 2.38. The number of pyridine rings is 1. The van der Waals surface area contributed by atoms with Gasteiger partial charge in [0.2, 0.25) is 0 Å². The molecule has 1 atom stereocenters. The highest BCUT2D eigenvalue weighted by Gasteiger charge is 2.19. The van der Waals surface area contributed by atoms with E-state index in [-0.39, 0.29) is 5.25 Å². The van der Waals surface area contributed by atoms with Crippen LogP contribution in [0.3, 0.4) is 0 Å². The monoisotopic (exact) mass is 348 g/mol. The third-order valence-corrected chi connectivity index (χ3v) is 5.03. The van der Waals surface area contributed by atoms with Crippen LogP contribution in [-0.4, -0.2) is 19.7 Å². The van der Waals surface area contributed by atoms with Gasteiger partial charge in [0.15, 0.2) is 11.0 Å². The van der Waals surface area contributed by atoms with Gasteiger partial charge in [0, 0.05) is 29.8 Å². The van der Waals surface area contributed by atoms with Crippen molar-refractivity contribution >= 4 is 11.8 Å². The molecule has 5 heteroatoms. The zero-order valence-electron chi connectivity index (χ0n) is 14.0. The number of nitrogens with zero attached hydrogens (tertiary/aromatic N) is 4. The maximum Gasteiger partial charge on any atom is 0.192 e. The fraction of sp³-hybridized carbons (Fsp3) is 0.150. The van der Waals surface area contributed by atoms with E-state index >= 15 is 0 Å². The van der Waals surface area contributed by atoms with Gasteiger partial charge in [-0.1, -0.05) is 54.2 Å². The lowest BCUT2D eigenvalue weighted by atomic mass is 10.1. The van der Waals surface area contributed by atoms with Gasteiger partial charge >= 0.3 is 0 Å². The fourth-order valence-corrected chi connectivity index (χ4v) is 3.74. The molecule has 3 aromatic rings. The maximum absolute atomic E-state index is 4.43. The molecule has 0 fully saturated rings. The van der Waals surface area contributed by atoms with Gasteiger partial charge < -0.3 is 0 Å². The second-order valence-corrected chi connectivity index (χ2v) is 6.65. The average molecular weight is 348 g/mol. The van der Waals surface area contributed by atoms with E-state index in [1.54, 1.807) is 24.2 Å². The number of thioether (sulfide) groups is 1. The van der Waals surface area contributed by atoms with E-state index in [4.69, 9.17) is 0 Å². The number of allylic oxidation sites excluding steroid dienone is 2. The van der Waals surface area contributed by atoms with Gasteiger partial charge in [0.05, 0.1) is 0 Å². The first kappa shape index (κ1) is 17.2. The number of benzene rings is 1. The van der Waals surface area contributed by atoms with Crippen LogP contribution in [0, 0.1) is 0 Å². The van der Waals surface area contributed by atoms with E-state index in [2.05, 4.69) is 57.2 Å². The molecule has 0 N–H and O–H groups in total. The Morgan fingerprint density at radius 2 is 1.76 bits per heavy atom. The molecule has 1 unspecified atom stereocenters. The van der Waals surface area contributed by atoms with Crippen LogP contribution < -0.4 is 0 Å². The first-order valence-corrected chi connectivity index (χ1v) is 8.98. The smallest absolute Gasteiger partial charge is 0.192 e. The first-order valence-electron chi connectivity index (χ1n) is 8.10. The minimum atomic E-state index is 0.247. The van der Waals surface area contributed by atoms with Crippen LogP contribution in [0.25, 0.3) is 11.4 Å². The lowest BCUT2D eigenvalue weighted by molar-refractivity contribution is 0.727. The van der Waals surface area contributed by atoms with E-state index in [0.717, 1.165) is 23.0 Å². The Hall–Kier alpha value is -2.66. The fourth-order valence-electron chi connectivity index (χ4n) is 2.58. The molecular formula is C20H20N4S. The molecule has 4 nitrogen and oxygen atoms in total. The van der Waals surface area contributed by atoms with Gasteiger partial charge in [-0.15, -0.1) is 23.4 Å². The minimum Gasteiger partial charge on any atom is -0.298 e. The Bertz CT molecular complexity index is 827. The average Bonchev–Trinajstić information content (AvgIpc) is 3.06. The van der Waals surface area contributed by atoms with Crippen molar-refractivity contribution in [2.24, 2.45) is 0 Å². The molecular weight excluding hydrogens is 328 g/mol. The summed E-state index contributed by atoms with van der Waals surface area (Å²) in [4.78, 5) is 4.07. The number of hydrogen-bond donors (Lipinski definition) is 0. The second-order valence-electron chi connectivity index (χ2n) is 5.48. The molecule has 1 aromatic carbocycles. The summed E-state index contributed by atoms with van der Waals surface area (Å²) in [5.74, 6) is 0.829. The van der Waals surface area contributed by atoms with Crippen LogP contribution in [0.4, 0.5) is 0 Å². The summed E-state index contributed by atoms with van der Waals surface area (Å²) < 4.78 is 2.09. The lowest BCUT2D eigenvalue weighted by Crippen LogP contribution is -2.02. The third kappa shape index (κ3) is 4.06. The molecule has 2 aromatic heterocycles. The van der Waals surface area contributed by atoms with Crippen molar-refractivity contribution in [2.75, 3.05) is 0 Å². The van der Waals surface area contributed by atoms with Crippen LogP contribution in [0.5, 0.6) is 0 Å². The van der Waals surface area contributed by atoms with Crippen LogP contribution in [-0.2, 0) is 6.54 Å². The van der Waals surface area contributed by atoms with Crippen molar-refractivity contribution in [3.8, 4) is 11.4 Å². The summed E-state index contributed by atoms with van der Waals surface area (Å²) in [7, 11) is 0. The Morgan fingerprint density at radius 3 is 2.44 bits per heavy atom. The van der Waals surface area contributed by atoms with E-state index in [9.17, 15) is 0 Å². The van der Waals surface area contributed by atoms with E-state index < -0.39 is 0 Å². The molecule has 0 aliphatic heterocycles. The van der Waals surface area contributed by atoms with Crippen molar-refractivity contribution in [3.05, 3.63) is 85.7 Å². The summed E-state index contributed by atoms with van der Waals surface area (Å²) in [6.45, 7) is 8.43. The Balaban J connectivity index is 1.94. The largest absolute Gasteiger partial charge is 0.298 e. The topological polar surface area (TPSA) is 43.6 Å². The van der Waals surface area contributed by atoms with Crippen molar-refractivity contribution in [1.82, 2.24) is 19.7 Å². The van der Waals surface area contributed by atoms with Gasteiger partial charge in [-0.2, -0.15) is 0 Å². The van der Waals surface area contributed by atoms with Crippen LogP contribution >= 0.6 is 11.8 Å². The summed E-state index contributed by atoms with van der Waals surface area (Å²) in [6.07, 6.45) is 8.20. The molecule has 0 saturated carbocycles. The summed E-state index contributed by atoms with van der Waals surface area (Å²) in [5, 5.41) is 9.96. The maximum atomic E-state index is 4.43. The van der Waals surface area contributed by atoms with E-state index in [1.807, 2.05) is 30.4 Å². The zero-order chi connectivity index (χ0) is 17.5. The number of aromatic nitrogens is 4. The predicted molar refractivity (Wildman–Crippen MR) is 103 cm³/mol. The van der Waals surface area contributed by atoms with Crippen LogP contribution in [0.1, 0.15) is 17.2 Å². The van der Waals surface area contributed by atoms with Crippen LogP contribution in [0.2, 0.25) is 0 Å². The minimum absolute atomic E-state index is 0.247. The molecule has 0 radical (unpaired) electrons. The molecule has 0 spiro atoms. The zero-order valence-corrected chi connectivity index (χ0v) is 14.8. The summed E-state index contributed by atoms with van der Waals surface area (Å²) >= 11 is 1.70. The van der Waals surface area contributed by atoms with Gasteiger partial charge in [-0.25, -0.2) is 0 Å². The Morgan fingerprint density at radius 1 is 1.00 bits per heavy atom. The highest BCUT2D eigenvalue weighted by molar-refractivity contribution is 7.99. The Kier molecular flexibility index (Phi) is 5.80. The Labute approximate surface area is 152 Å². The molecule has 0 bridgehead atoms. The quantitative estimate of drug-likeness (QED) is 0.427. The standard InChI is InChI=1S/C20H20N4S/c1-3-8-18(16-9-6-5-7-10-16)25-20-23-22-19(24(20)15-4-2)17-11-13-21-14-12-17/h3-7,9-14,18H,1-2,8,15H2. The molecule has 0 amide bonds. The van der Waals surface area contributed by atoms with Crippen molar-refractivity contribution in [3.63, 3.8) is 0 Å². The van der Waals surface area contributed by atoms with Crippen molar-refractivity contribution in [1.29, 1.82) is 0 Å². The van der Waals surface area contributed by atoms with Gasteiger partial charge in [0.1, 0.15) is 0 Å². The molecule has 3 rings (SSSR count). The number of hydrogen-bond acceptors (Lipinski definition) is 4. The molecule has 126 valence electrons. The molecule has 0 aliphatic rings. The SMILES string of the molecule is C=CCC(Sc1nnc(-c2ccncc2)n1CC=C)c1ccccc1. The van der Waals surface area contributed by atoms with Crippen molar-refractivity contribution < 1.29 is 0 Å². The summed E-state index contributed by atoms with van der Waals surface area (Å²) in [6, 6.07) is 14.3. The lowest BCUT2D eigenvalue weighted by Gasteiger charge is -2.15. The molecule has 2 heterocycles. The molecule has 25 heavy (non-hydrogen) atoms. The number of rotatable bonds is 8. The third-order valence-electron chi connectivity index (χ3n) is 3.77. The van der Waals surface area contributed by atoms with E-state index in [0.29, 0.717) is 6.54 Å². The highest BCUT2D eigenvalue weighted by atomic mass is 32.2. The normalized spacial score (nSPS) is 11.8. The van der Waals surface area contributed by atoms with E-state index in [1.165, 1.54) is 5.56 Å².